The molecule has 0 saturated heterocycles. The second-order valence-electron chi connectivity index (χ2n) is 3.55. The number of hydrogen-bond donors (Lipinski definition) is 1. The van der Waals surface area contributed by atoms with Gasteiger partial charge in [-0.1, -0.05) is 24.9 Å². The average Bonchev–Trinajstić information content (AvgIpc) is 2.32. The van der Waals surface area contributed by atoms with E-state index in [4.69, 9.17) is 16.3 Å². The molecule has 1 heterocycles. The van der Waals surface area contributed by atoms with Crippen molar-refractivity contribution in [1.29, 1.82) is 0 Å². The number of nitrogens with zero attached hydrogens (tertiary/aromatic N) is 1. The number of ether oxygens (including phenoxy) is 1. The lowest BCUT2D eigenvalue weighted by atomic mass is 10.2. The number of halogens is 1. The van der Waals surface area contributed by atoms with Crippen molar-refractivity contribution < 1.29 is 9.53 Å². The first kappa shape index (κ1) is 13.8. The Bertz CT molecular complexity index is 383. The van der Waals surface area contributed by atoms with Gasteiger partial charge in [-0.3, -0.25) is 4.79 Å². The lowest BCUT2D eigenvalue weighted by Crippen LogP contribution is -2.24. The van der Waals surface area contributed by atoms with Crippen LogP contribution in [0.2, 0.25) is 5.02 Å². The van der Waals surface area contributed by atoms with Crippen LogP contribution in [-0.2, 0) is 0 Å². The van der Waals surface area contributed by atoms with Gasteiger partial charge in [0.1, 0.15) is 5.02 Å². The lowest BCUT2D eigenvalue weighted by Gasteiger charge is -2.07. The van der Waals surface area contributed by atoms with Crippen molar-refractivity contribution in [2.45, 2.75) is 26.7 Å². The number of rotatable bonds is 6. The van der Waals surface area contributed by atoms with Crippen LogP contribution >= 0.6 is 11.6 Å². The Morgan fingerprint density at radius 3 is 2.88 bits per heavy atom. The fourth-order valence-electron chi connectivity index (χ4n) is 1.27. The quantitative estimate of drug-likeness (QED) is 0.796. The standard InChI is InChI=1S/C12H17ClN2O2/c1-3-5-6-14-11(16)9-7-10(13)12(15-8-9)17-4-2/h7-8H,3-6H2,1-2H3,(H,14,16). The van der Waals surface area contributed by atoms with Crippen molar-refractivity contribution in [3.63, 3.8) is 0 Å². The van der Waals surface area contributed by atoms with Crippen LogP contribution in [0.15, 0.2) is 12.3 Å². The van der Waals surface area contributed by atoms with Gasteiger partial charge in [-0.2, -0.15) is 0 Å². The number of carbonyl (C=O) groups is 1. The Morgan fingerprint density at radius 2 is 2.29 bits per heavy atom. The molecule has 0 atom stereocenters. The first-order valence-electron chi connectivity index (χ1n) is 5.75. The maximum absolute atomic E-state index is 11.7. The summed E-state index contributed by atoms with van der Waals surface area (Å²) in [5, 5.41) is 3.16. The zero-order chi connectivity index (χ0) is 12.7. The second-order valence-corrected chi connectivity index (χ2v) is 3.96. The third kappa shape index (κ3) is 4.23. The average molecular weight is 257 g/mol. The van der Waals surface area contributed by atoms with Crippen LogP contribution in [0.25, 0.3) is 0 Å². The number of aromatic nitrogens is 1. The molecule has 1 aromatic rings. The molecule has 0 aromatic carbocycles. The van der Waals surface area contributed by atoms with Gasteiger partial charge in [0.05, 0.1) is 12.2 Å². The van der Waals surface area contributed by atoms with E-state index >= 15 is 0 Å². The van der Waals surface area contributed by atoms with Crippen LogP contribution in [0.4, 0.5) is 0 Å². The molecule has 0 fully saturated rings. The number of nitrogens with one attached hydrogen (secondary N) is 1. The summed E-state index contributed by atoms with van der Waals surface area (Å²) in [6, 6.07) is 1.57. The second kappa shape index (κ2) is 7.12. The van der Waals surface area contributed by atoms with Crippen molar-refractivity contribution in [2.75, 3.05) is 13.2 Å². The van der Waals surface area contributed by atoms with E-state index in [0.717, 1.165) is 12.8 Å². The van der Waals surface area contributed by atoms with Gasteiger partial charge in [0.25, 0.3) is 5.91 Å². The molecule has 1 aromatic heterocycles. The summed E-state index contributed by atoms with van der Waals surface area (Å²) in [5.74, 6) is 0.204. The van der Waals surface area contributed by atoms with E-state index in [1.807, 2.05) is 6.92 Å². The first-order chi connectivity index (χ1) is 8.19. The summed E-state index contributed by atoms with van der Waals surface area (Å²) in [7, 11) is 0. The van der Waals surface area contributed by atoms with E-state index in [-0.39, 0.29) is 5.91 Å². The molecule has 0 radical (unpaired) electrons. The van der Waals surface area contributed by atoms with E-state index < -0.39 is 0 Å². The van der Waals surface area contributed by atoms with Gasteiger partial charge in [-0.25, -0.2) is 4.98 Å². The van der Waals surface area contributed by atoms with Crippen molar-refractivity contribution in [3.05, 3.63) is 22.8 Å². The molecular weight excluding hydrogens is 240 g/mol. The van der Waals surface area contributed by atoms with Gasteiger partial charge in [0.2, 0.25) is 5.88 Å². The van der Waals surface area contributed by atoms with E-state index in [0.29, 0.717) is 29.6 Å². The smallest absolute Gasteiger partial charge is 0.252 e. The van der Waals surface area contributed by atoms with Crippen LogP contribution in [0, 0.1) is 0 Å². The van der Waals surface area contributed by atoms with Gasteiger partial charge >= 0.3 is 0 Å². The molecule has 0 unspecified atom stereocenters. The molecule has 94 valence electrons. The zero-order valence-corrected chi connectivity index (χ0v) is 10.9. The molecule has 1 rings (SSSR count). The summed E-state index contributed by atoms with van der Waals surface area (Å²) in [4.78, 5) is 15.7. The summed E-state index contributed by atoms with van der Waals surface area (Å²) >= 11 is 5.95. The van der Waals surface area contributed by atoms with Gasteiger partial charge in [-0.05, 0) is 19.4 Å². The predicted molar refractivity (Wildman–Crippen MR) is 67.7 cm³/mol. The molecule has 5 heteroatoms. The van der Waals surface area contributed by atoms with Gasteiger partial charge in [-0.15, -0.1) is 0 Å². The fourth-order valence-corrected chi connectivity index (χ4v) is 1.49. The van der Waals surface area contributed by atoms with E-state index in [1.54, 1.807) is 6.07 Å². The number of hydrogen-bond acceptors (Lipinski definition) is 3. The van der Waals surface area contributed by atoms with Crippen LogP contribution in [0.3, 0.4) is 0 Å². The molecule has 0 aliphatic rings. The van der Waals surface area contributed by atoms with Crippen molar-refractivity contribution in [3.8, 4) is 5.88 Å². The number of carbonyl (C=O) groups excluding carboxylic acids is 1. The highest BCUT2D eigenvalue weighted by Gasteiger charge is 2.09. The Balaban J connectivity index is 2.65. The third-order valence-corrected chi connectivity index (χ3v) is 2.44. The van der Waals surface area contributed by atoms with Crippen LogP contribution in [0.5, 0.6) is 5.88 Å². The van der Waals surface area contributed by atoms with Crippen molar-refractivity contribution >= 4 is 17.5 Å². The molecule has 0 saturated carbocycles. The maximum atomic E-state index is 11.7. The number of unbranched alkanes of at least 4 members (excludes halogenated alkanes) is 1. The lowest BCUT2D eigenvalue weighted by molar-refractivity contribution is 0.0952. The van der Waals surface area contributed by atoms with Gasteiger partial charge < -0.3 is 10.1 Å². The Hall–Kier alpha value is -1.29. The van der Waals surface area contributed by atoms with Crippen molar-refractivity contribution in [1.82, 2.24) is 10.3 Å². The normalized spacial score (nSPS) is 10.1. The largest absolute Gasteiger partial charge is 0.477 e. The molecule has 1 amide bonds. The Morgan fingerprint density at radius 1 is 1.53 bits per heavy atom. The van der Waals surface area contributed by atoms with Crippen LogP contribution in [-0.4, -0.2) is 24.0 Å². The van der Waals surface area contributed by atoms with Gasteiger partial charge in [0, 0.05) is 12.7 Å². The zero-order valence-electron chi connectivity index (χ0n) is 10.1. The highest BCUT2D eigenvalue weighted by Crippen LogP contribution is 2.22. The van der Waals surface area contributed by atoms with Crippen LogP contribution in [0.1, 0.15) is 37.0 Å². The summed E-state index contributed by atoms with van der Waals surface area (Å²) in [6.45, 7) is 5.08. The Labute approximate surface area is 106 Å². The Kier molecular flexibility index (Phi) is 5.77. The molecule has 0 spiro atoms. The van der Waals surface area contributed by atoms with E-state index in [2.05, 4.69) is 17.2 Å². The predicted octanol–water partition coefficient (Wildman–Crippen LogP) is 2.66. The highest BCUT2D eigenvalue weighted by molar-refractivity contribution is 6.32. The SMILES string of the molecule is CCCCNC(=O)c1cnc(OCC)c(Cl)c1. The number of pyridine rings is 1. The van der Waals surface area contributed by atoms with E-state index in [9.17, 15) is 4.79 Å². The fraction of sp³-hybridized carbons (Fsp3) is 0.500. The minimum atomic E-state index is -0.157. The molecule has 17 heavy (non-hydrogen) atoms. The molecular formula is C12H17ClN2O2. The molecule has 0 bridgehead atoms. The van der Waals surface area contributed by atoms with Crippen molar-refractivity contribution in [2.24, 2.45) is 0 Å². The highest BCUT2D eigenvalue weighted by atomic mass is 35.5. The minimum absolute atomic E-state index is 0.157. The van der Waals surface area contributed by atoms with E-state index in [1.165, 1.54) is 6.20 Å². The van der Waals surface area contributed by atoms with Crippen LogP contribution < -0.4 is 10.1 Å². The molecule has 0 aliphatic heterocycles. The van der Waals surface area contributed by atoms with Gasteiger partial charge in [0.15, 0.2) is 0 Å². The molecule has 0 aliphatic carbocycles. The minimum Gasteiger partial charge on any atom is -0.477 e. The third-order valence-electron chi connectivity index (χ3n) is 2.17. The number of amides is 1. The monoisotopic (exact) mass is 256 g/mol. The summed E-state index contributed by atoms with van der Waals surface area (Å²) < 4.78 is 5.20. The summed E-state index contributed by atoms with van der Waals surface area (Å²) in [6.07, 6.45) is 3.48. The topological polar surface area (TPSA) is 51.2 Å². The molecule has 1 N–H and O–H groups in total. The maximum Gasteiger partial charge on any atom is 0.252 e. The molecule has 4 nitrogen and oxygen atoms in total. The summed E-state index contributed by atoms with van der Waals surface area (Å²) in [5.41, 5.74) is 0.453. The first-order valence-corrected chi connectivity index (χ1v) is 6.13.